The number of benzene rings is 1. The molecule has 3 aromatic rings. The van der Waals surface area contributed by atoms with Crippen LogP contribution in [0.4, 0.5) is 5.69 Å². The second kappa shape index (κ2) is 6.89. The molecule has 2 heterocycles. The first-order valence-corrected chi connectivity index (χ1v) is 7.81. The molecule has 0 radical (unpaired) electrons. The minimum Gasteiger partial charge on any atom is -0.461 e. The van der Waals surface area contributed by atoms with E-state index in [1.54, 1.807) is 36.4 Å². The summed E-state index contributed by atoms with van der Waals surface area (Å²) < 4.78 is 5.03. The predicted octanol–water partition coefficient (Wildman–Crippen LogP) is 4.49. The van der Waals surface area contributed by atoms with Gasteiger partial charge in [-0.1, -0.05) is 24.3 Å². The standard InChI is InChI=1S/C18H13NO3S/c20-15(16-3-1-11-22-16)10-7-13-5-8-14(9-6-13)19-18(21)17-4-2-12-23-17/h1-12H,(H,19,21)/b10-7+. The summed E-state index contributed by atoms with van der Waals surface area (Å²) >= 11 is 1.39. The molecule has 114 valence electrons. The Morgan fingerprint density at radius 2 is 1.87 bits per heavy atom. The molecule has 1 amide bonds. The highest BCUT2D eigenvalue weighted by Gasteiger charge is 2.06. The zero-order valence-corrected chi connectivity index (χ0v) is 12.9. The zero-order chi connectivity index (χ0) is 16.1. The number of amides is 1. The van der Waals surface area contributed by atoms with Crippen molar-refractivity contribution in [3.05, 3.63) is 82.5 Å². The monoisotopic (exact) mass is 323 g/mol. The van der Waals surface area contributed by atoms with Crippen molar-refractivity contribution in [2.24, 2.45) is 0 Å². The molecule has 0 aliphatic heterocycles. The first-order chi connectivity index (χ1) is 11.2. The van der Waals surface area contributed by atoms with E-state index in [2.05, 4.69) is 5.32 Å². The molecule has 1 aromatic carbocycles. The Balaban J connectivity index is 1.63. The normalized spacial score (nSPS) is 10.8. The molecule has 0 spiro atoms. The molecule has 3 rings (SSSR count). The number of rotatable bonds is 5. The molecular weight excluding hydrogens is 310 g/mol. The average Bonchev–Trinajstić information content (AvgIpc) is 3.27. The number of carbonyl (C=O) groups excluding carboxylic acids is 2. The third-order valence-electron chi connectivity index (χ3n) is 3.10. The molecule has 0 atom stereocenters. The van der Waals surface area contributed by atoms with Gasteiger partial charge < -0.3 is 9.73 Å². The molecule has 0 fully saturated rings. The summed E-state index contributed by atoms with van der Waals surface area (Å²) in [6.45, 7) is 0. The van der Waals surface area contributed by atoms with Crippen LogP contribution >= 0.6 is 11.3 Å². The van der Waals surface area contributed by atoms with Gasteiger partial charge in [-0.05, 0) is 47.4 Å². The highest BCUT2D eigenvalue weighted by Crippen LogP contribution is 2.15. The van der Waals surface area contributed by atoms with E-state index in [1.165, 1.54) is 23.7 Å². The van der Waals surface area contributed by atoms with Gasteiger partial charge in [-0.2, -0.15) is 0 Å². The molecule has 5 heteroatoms. The average molecular weight is 323 g/mol. The van der Waals surface area contributed by atoms with Crippen LogP contribution in [0.5, 0.6) is 0 Å². The maximum absolute atomic E-state index is 11.9. The van der Waals surface area contributed by atoms with Crippen LogP contribution in [0, 0.1) is 0 Å². The quantitative estimate of drug-likeness (QED) is 0.556. The Bertz CT molecular complexity index is 816. The van der Waals surface area contributed by atoms with Crippen LogP contribution in [-0.2, 0) is 0 Å². The van der Waals surface area contributed by atoms with Crippen LogP contribution < -0.4 is 5.32 Å². The van der Waals surface area contributed by atoms with Crippen molar-refractivity contribution in [2.45, 2.75) is 0 Å². The number of allylic oxidation sites excluding steroid dienone is 1. The fourth-order valence-corrected chi connectivity index (χ4v) is 2.57. The van der Waals surface area contributed by atoms with E-state index in [1.807, 2.05) is 23.6 Å². The second-order valence-electron chi connectivity index (χ2n) is 4.73. The van der Waals surface area contributed by atoms with Crippen LogP contribution in [0.25, 0.3) is 6.08 Å². The minimum atomic E-state index is -0.190. The third-order valence-corrected chi connectivity index (χ3v) is 3.97. The van der Waals surface area contributed by atoms with Crippen molar-refractivity contribution in [3.8, 4) is 0 Å². The van der Waals surface area contributed by atoms with Crippen molar-refractivity contribution in [2.75, 3.05) is 5.32 Å². The van der Waals surface area contributed by atoms with Gasteiger partial charge in [0.15, 0.2) is 5.76 Å². The van der Waals surface area contributed by atoms with Crippen LogP contribution in [0.1, 0.15) is 25.8 Å². The number of hydrogen-bond acceptors (Lipinski definition) is 4. The van der Waals surface area contributed by atoms with Crippen molar-refractivity contribution < 1.29 is 14.0 Å². The molecule has 0 saturated heterocycles. The largest absolute Gasteiger partial charge is 0.461 e. The number of nitrogens with one attached hydrogen (secondary N) is 1. The van der Waals surface area contributed by atoms with Gasteiger partial charge in [0.2, 0.25) is 5.78 Å². The summed E-state index contributed by atoms with van der Waals surface area (Å²) in [5.41, 5.74) is 1.57. The molecular formula is C18H13NO3S. The summed E-state index contributed by atoms with van der Waals surface area (Å²) in [6.07, 6.45) is 4.62. The molecule has 0 aliphatic carbocycles. The molecule has 0 saturated carbocycles. The van der Waals surface area contributed by atoms with Gasteiger partial charge in [0.05, 0.1) is 11.1 Å². The van der Waals surface area contributed by atoms with Crippen molar-refractivity contribution in [1.82, 2.24) is 0 Å². The van der Waals surface area contributed by atoms with Gasteiger partial charge >= 0.3 is 0 Å². The summed E-state index contributed by atoms with van der Waals surface area (Å²) in [7, 11) is 0. The van der Waals surface area contributed by atoms with E-state index < -0.39 is 0 Å². The molecule has 1 N–H and O–H groups in total. The van der Waals surface area contributed by atoms with Gasteiger partial charge in [-0.25, -0.2) is 0 Å². The number of furan rings is 1. The van der Waals surface area contributed by atoms with E-state index in [-0.39, 0.29) is 11.7 Å². The topological polar surface area (TPSA) is 59.3 Å². The molecule has 0 unspecified atom stereocenters. The fourth-order valence-electron chi connectivity index (χ4n) is 1.95. The van der Waals surface area contributed by atoms with E-state index in [0.717, 1.165) is 5.56 Å². The Labute approximate surface area is 137 Å². The minimum absolute atomic E-state index is 0.128. The number of anilines is 1. The third kappa shape index (κ3) is 3.84. The highest BCUT2D eigenvalue weighted by atomic mass is 32.1. The molecule has 0 bridgehead atoms. The van der Waals surface area contributed by atoms with E-state index in [4.69, 9.17) is 4.42 Å². The summed E-state index contributed by atoms with van der Waals surface area (Å²) in [6, 6.07) is 14.2. The first kappa shape index (κ1) is 15.0. The lowest BCUT2D eigenvalue weighted by molar-refractivity contribution is 0.101. The lowest BCUT2D eigenvalue weighted by Gasteiger charge is -2.03. The smallest absolute Gasteiger partial charge is 0.265 e. The highest BCUT2D eigenvalue weighted by molar-refractivity contribution is 7.12. The van der Waals surface area contributed by atoms with Gasteiger partial charge in [0.1, 0.15) is 0 Å². The molecule has 0 aliphatic rings. The van der Waals surface area contributed by atoms with Crippen LogP contribution in [0.2, 0.25) is 0 Å². The van der Waals surface area contributed by atoms with E-state index >= 15 is 0 Å². The number of thiophene rings is 1. The second-order valence-corrected chi connectivity index (χ2v) is 5.68. The maximum atomic E-state index is 11.9. The Morgan fingerprint density at radius 1 is 1.04 bits per heavy atom. The summed E-state index contributed by atoms with van der Waals surface area (Å²) in [4.78, 5) is 24.4. The number of hydrogen-bond donors (Lipinski definition) is 1. The van der Waals surface area contributed by atoms with Crippen LogP contribution in [0.15, 0.2) is 70.7 Å². The zero-order valence-electron chi connectivity index (χ0n) is 12.1. The van der Waals surface area contributed by atoms with Crippen molar-refractivity contribution in [1.29, 1.82) is 0 Å². The maximum Gasteiger partial charge on any atom is 0.265 e. The van der Waals surface area contributed by atoms with Gasteiger partial charge in [-0.3, -0.25) is 9.59 Å². The van der Waals surface area contributed by atoms with Crippen molar-refractivity contribution in [3.63, 3.8) is 0 Å². The molecule has 23 heavy (non-hydrogen) atoms. The Morgan fingerprint density at radius 3 is 2.52 bits per heavy atom. The molecule has 2 aromatic heterocycles. The predicted molar refractivity (Wildman–Crippen MR) is 90.8 cm³/mol. The lowest BCUT2D eigenvalue weighted by Crippen LogP contribution is -2.09. The summed E-state index contributed by atoms with van der Waals surface area (Å²) in [5, 5.41) is 4.68. The van der Waals surface area contributed by atoms with E-state index in [0.29, 0.717) is 16.3 Å². The Kier molecular flexibility index (Phi) is 4.49. The fraction of sp³-hybridized carbons (Fsp3) is 0. The number of carbonyl (C=O) groups is 2. The number of ketones is 1. The van der Waals surface area contributed by atoms with Gasteiger partial charge in [0.25, 0.3) is 5.91 Å². The van der Waals surface area contributed by atoms with E-state index in [9.17, 15) is 9.59 Å². The van der Waals surface area contributed by atoms with Crippen LogP contribution in [0.3, 0.4) is 0 Å². The van der Waals surface area contributed by atoms with Crippen molar-refractivity contribution >= 4 is 34.8 Å². The molecule has 4 nitrogen and oxygen atoms in total. The van der Waals surface area contributed by atoms with Crippen LogP contribution in [-0.4, -0.2) is 11.7 Å². The SMILES string of the molecule is O=C(/C=C/c1ccc(NC(=O)c2cccs2)cc1)c1ccco1. The lowest BCUT2D eigenvalue weighted by atomic mass is 10.1. The van der Waals surface area contributed by atoms with Gasteiger partial charge in [-0.15, -0.1) is 11.3 Å². The Hall–Kier alpha value is -2.92. The summed E-state index contributed by atoms with van der Waals surface area (Å²) in [5.74, 6) is -0.0116. The first-order valence-electron chi connectivity index (χ1n) is 6.93. The van der Waals surface area contributed by atoms with Gasteiger partial charge in [0, 0.05) is 5.69 Å².